The molecule has 2 aromatic rings. The van der Waals surface area contributed by atoms with E-state index in [1.807, 2.05) is 0 Å². The highest BCUT2D eigenvalue weighted by Crippen LogP contribution is 2.17. The zero-order chi connectivity index (χ0) is 11.6. The van der Waals surface area contributed by atoms with Crippen LogP contribution >= 0.6 is 0 Å². The molecule has 0 atom stereocenters. The first-order chi connectivity index (χ1) is 7.63. The first-order valence-electron chi connectivity index (χ1n) is 4.57. The molecule has 2 rings (SSSR count). The quantitative estimate of drug-likeness (QED) is 0.815. The molecule has 1 heterocycles. The summed E-state index contributed by atoms with van der Waals surface area (Å²) in [5.74, 6) is 0. The molecule has 0 saturated heterocycles. The number of hydrogen-bond acceptors (Lipinski definition) is 4. The third-order valence-electron chi connectivity index (χ3n) is 2.03. The molecule has 5 nitrogen and oxygen atoms in total. The molecule has 1 aromatic heterocycles. The van der Waals surface area contributed by atoms with E-state index in [-0.39, 0.29) is 11.4 Å². The van der Waals surface area contributed by atoms with Crippen molar-refractivity contribution in [2.75, 3.05) is 6.54 Å². The third kappa shape index (κ3) is 1.98. The molecule has 1 aromatic carbocycles. The summed E-state index contributed by atoms with van der Waals surface area (Å²) in [6.07, 6.45) is 2.75. The van der Waals surface area contributed by atoms with E-state index in [9.17, 15) is 8.42 Å². The maximum Gasteiger partial charge on any atom is 0.240 e. The first-order valence-corrected chi connectivity index (χ1v) is 6.05. The van der Waals surface area contributed by atoms with Gasteiger partial charge >= 0.3 is 0 Å². The molecule has 0 aliphatic carbocycles. The Morgan fingerprint density at radius 1 is 1.50 bits per heavy atom. The van der Waals surface area contributed by atoms with Crippen molar-refractivity contribution in [3.05, 3.63) is 37.2 Å². The van der Waals surface area contributed by atoms with Gasteiger partial charge in [0.2, 0.25) is 10.0 Å². The van der Waals surface area contributed by atoms with Gasteiger partial charge in [0.15, 0.2) is 12.0 Å². The summed E-state index contributed by atoms with van der Waals surface area (Å²) in [6, 6.07) is 4.52. The van der Waals surface area contributed by atoms with Gasteiger partial charge in [0.25, 0.3) is 0 Å². The van der Waals surface area contributed by atoms with Crippen molar-refractivity contribution in [3.8, 4) is 0 Å². The second-order valence-corrected chi connectivity index (χ2v) is 4.89. The monoisotopic (exact) mass is 238 g/mol. The molecule has 1 N–H and O–H groups in total. The molecule has 6 heteroatoms. The molecule has 0 bridgehead atoms. The molecule has 0 unspecified atom stereocenters. The van der Waals surface area contributed by atoms with Crippen LogP contribution in [0.1, 0.15) is 0 Å². The molecule has 0 radical (unpaired) electrons. The maximum absolute atomic E-state index is 11.7. The molecule has 0 saturated carbocycles. The van der Waals surface area contributed by atoms with E-state index in [2.05, 4.69) is 16.3 Å². The van der Waals surface area contributed by atoms with Crippen LogP contribution in [0.5, 0.6) is 0 Å². The van der Waals surface area contributed by atoms with E-state index >= 15 is 0 Å². The number of aromatic nitrogens is 1. The molecule has 84 valence electrons. The lowest BCUT2D eigenvalue weighted by atomic mass is 10.3. The Morgan fingerprint density at radius 2 is 2.31 bits per heavy atom. The summed E-state index contributed by atoms with van der Waals surface area (Å²) < 4.78 is 30.9. The minimum Gasteiger partial charge on any atom is -0.443 e. The molecule has 0 aliphatic heterocycles. The van der Waals surface area contributed by atoms with E-state index in [0.717, 1.165) is 0 Å². The Kier molecular flexibility index (Phi) is 2.76. The number of nitrogens with zero attached hydrogens (tertiary/aromatic N) is 1. The Hall–Kier alpha value is -1.66. The average molecular weight is 238 g/mol. The summed E-state index contributed by atoms with van der Waals surface area (Å²) in [5.41, 5.74) is 1.07. The van der Waals surface area contributed by atoms with E-state index in [1.54, 1.807) is 6.07 Å². The second kappa shape index (κ2) is 4.07. The molecule has 16 heavy (non-hydrogen) atoms. The zero-order valence-corrected chi connectivity index (χ0v) is 9.20. The van der Waals surface area contributed by atoms with Gasteiger partial charge in [-0.05, 0) is 12.1 Å². The Labute approximate surface area is 92.8 Å². The molecular weight excluding hydrogens is 228 g/mol. The average Bonchev–Trinajstić information content (AvgIpc) is 2.73. The normalized spacial score (nSPS) is 11.8. The molecule has 0 spiro atoms. The molecular formula is C10H10N2O3S. The van der Waals surface area contributed by atoms with E-state index in [0.29, 0.717) is 11.1 Å². The number of sulfonamides is 1. The largest absolute Gasteiger partial charge is 0.443 e. The fraction of sp³-hybridized carbons (Fsp3) is 0.100. The molecule has 0 aliphatic rings. The number of nitrogens with one attached hydrogen (secondary N) is 1. The summed E-state index contributed by atoms with van der Waals surface area (Å²) in [6.45, 7) is 3.63. The van der Waals surface area contributed by atoms with Gasteiger partial charge in [-0.3, -0.25) is 0 Å². The van der Waals surface area contributed by atoms with Crippen molar-refractivity contribution in [1.82, 2.24) is 9.71 Å². The van der Waals surface area contributed by atoms with Gasteiger partial charge in [0, 0.05) is 12.6 Å². The maximum atomic E-state index is 11.7. The van der Waals surface area contributed by atoms with Crippen LogP contribution in [-0.2, 0) is 10.0 Å². The number of rotatable bonds is 4. The van der Waals surface area contributed by atoms with Crippen LogP contribution in [0.3, 0.4) is 0 Å². The lowest BCUT2D eigenvalue weighted by molar-refractivity contribution is 0.583. The Morgan fingerprint density at radius 3 is 3.06 bits per heavy atom. The highest BCUT2D eigenvalue weighted by atomic mass is 32.2. The first kappa shape index (κ1) is 10.8. The van der Waals surface area contributed by atoms with Gasteiger partial charge in [-0.1, -0.05) is 6.08 Å². The Balaban J connectivity index is 2.42. The minimum atomic E-state index is -3.50. The van der Waals surface area contributed by atoms with Gasteiger partial charge in [-0.2, -0.15) is 0 Å². The molecule has 0 fully saturated rings. The van der Waals surface area contributed by atoms with Gasteiger partial charge in [-0.15, -0.1) is 6.58 Å². The fourth-order valence-corrected chi connectivity index (χ4v) is 2.27. The lowest BCUT2D eigenvalue weighted by Gasteiger charge is -2.03. The highest BCUT2D eigenvalue weighted by Gasteiger charge is 2.14. The Bertz CT molecular complexity index is 616. The van der Waals surface area contributed by atoms with Crippen LogP contribution in [-0.4, -0.2) is 19.9 Å². The van der Waals surface area contributed by atoms with Gasteiger partial charge in [0.05, 0.1) is 4.90 Å². The van der Waals surface area contributed by atoms with Crippen molar-refractivity contribution in [2.45, 2.75) is 4.90 Å². The topological polar surface area (TPSA) is 72.2 Å². The van der Waals surface area contributed by atoms with Gasteiger partial charge < -0.3 is 4.42 Å². The van der Waals surface area contributed by atoms with Crippen molar-refractivity contribution < 1.29 is 12.8 Å². The van der Waals surface area contributed by atoms with Crippen LogP contribution in [0.15, 0.2) is 46.6 Å². The van der Waals surface area contributed by atoms with Crippen LogP contribution in [0.4, 0.5) is 0 Å². The van der Waals surface area contributed by atoms with E-state index in [1.165, 1.54) is 24.6 Å². The third-order valence-corrected chi connectivity index (χ3v) is 3.45. The van der Waals surface area contributed by atoms with Gasteiger partial charge in [-0.25, -0.2) is 18.1 Å². The van der Waals surface area contributed by atoms with E-state index < -0.39 is 10.0 Å². The smallest absolute Gasteiger partial charge is 0.240 e. The number of benzene rings is 1. The fourth-order valence-electron chi connectivity index (χ4n) is 1.25. The number of oxazole rings is 1. The summed E-state index contributed by atoms with van der Waals surface area (Å²) in [7, 11) is -3.50. The van der Waals surface area contributed by atoms with Gasteiger partial charge in [0.1, 0.15) is 5.52 Å². The molecule has 0 amide bonds. The second-order valence-electron chi connectivity index (χ2n) is 3.12. The van der Waals surface area contributed by atoms with E-state index in [4.69, 9.17) is 4.42 Å². The minimum absolute atomic E-state index is 0.151. The predicted molar refractivity (Wildman–Crippen MR) is 59.4 cm³/mol. The summed E-state index contributed by atoms with van der Waals surface area (Å²) in [4.78, 5) is 4.06. The predicted octanol–water partition coefficient (Wildman–Crippen LogP) is 1.29. The number of hydrogen-bond donors (Lipinski definition) is 1. The summed E-state index contributed by atoms with van der Waals surface area (Å²) in [5, 5.41) is 0. The van der Waals surface area contributed by atoms with Crippen molar-refractivity contribution >= 4 is 21.1 Å². The zero-order valence-electron chi connectivity index (χ0n) is 8.38. The standard InChI is InChI=1S/C10H10N2O3S/c1-2-5-12-16(13,14)8-3-4-9-10(6-8)15-7-11-9/h2-4,6-7,12H,1,5H2. The highest BCUT2D eigenvalue weighted by molar-refractivity contribution is 7.89. The summed E-state index contributed by atoms with van der Waals surface area (Å²) >= 11 is 0. The SMILES string of the molecule is C=CCNS(=O)(=O)c1ccc2ncoc2c1. The number of fused-ring (bicyclic) bond motifs is 1. The van der Waals surface area contributed by atoms with Crippen molar-refractivity contribution in [1.29, 1.82) is 0 Å². The van der Waals surface area contributed by atoms with Crippen LogP contribution in [0, 0.1) is 0 Å². The van der Waals surface area contributed by atoms with Crippen molar-refractivity contribution in [2.24, 2.45) is 0 Å². The van der Waals surface area contributed by atoms with Crippen LogP contribution in [0.2, 0.25) is 0 Å². The van der Waals surface area contributed by atoms with Crippen LogP contribution < -0.4 is 4.72 Å². The van der Waals surface area contributed by atoms with Crippen LogP contribution in [0.25, 0.3) is 11.1 Å². The van der Waals surface area contributed by atoms with Crippen molar-refractivity contribution in [3.63, 3.8) is 0 Å². The lowest BCUT2D eigenvalue weighted by Crippen LogP contribution is -2.23.